The van der Waals surface area contributed by atoms with Gasteiger partial charge in [-0.1, -0.05) is 12.1 Å². The molecule has 2 radical (unpaired) electrons. The second-order valence-corrected chi connectivity index (χ2v) is 25.2. The van der Waals surface area contributed by atoms with Gasteiger partial charge in [-0.3, -0.25) is 0 Å². The van der Waals surface area contributed by atoms with Crippen LogP contribution in [0.3, 0.4) is 0 Å². The molecule has 9 rings (SSSR count). The van der Waals surface area contributed by atoms with Crippen LogP contribution in [-0.2, 0) is 80.5 Å². The molecule has 9 saturated heterocycles. The van der Waals surface area contributed by atoms with E-state index in [1.165, 1.54) is 20.8 Å². The number of hydrogen-bond donors (Lipinski definition) is 24. The molecule has 29 unspecified atom stereocenters. The summed E-state index contributed by atoms with van der Waals surface area (Å²) < 4.78 is 99.6. The van der Waals surface area contributed by atoms with Crippen molar-refractivity contribution in [2.75, 3.05) is 39.6 Å². The van der Waals surface area contributed by atoms with Gasteiger partial charge in [0.1, 0.15) is 190 Å². The van der Waals surface area contributed by atoms with E-state index in [2.05, 4.69) is 0 Å². The second-order valence-electron chi connectivity index (χ2n) is 25.2. The Hall–Kier alpha value is 2.54. The number of aliphatic hydroxyl groups excluding tert-OH is 24. The normalized spacial score (nSPS) is 53.3. The van der Waals surface area contributed by atoms with E-state index in [1.54, 1.807) is 0 Å². The Morgan fingerprint density at radius 3 is 0.850 bits per heavy atom. The van der Waals surface area contributed by atoms with E-state index in [0.717, 1.165) is 0 Å². The van der Waals surface area contributed by atoms with Gasteiger partial charge in [0.25, 0.3) is 0 Å². The summed E-state index contributed by atoms with van der Waals surface area (Å²) in [5.74, 6) is 0. The minimum absolute atomic E-state index is 0. The van der Waals surface area contributed by atoms with Crippen molar-refractivity contribution in [2.45, 2.75) is 297 Å². The second kappa shape index (κ2) is 39.8. The molecule has 0 aromatic carbocycles. The average Bonchev–Trinajstić information content (AvgIpc) is 0.755. The number of rotatable bonds is 22. The van der Waals surface area contributed by atoms with Gasteiger partial charge < -0.3 is 215 Å². The minimum Gasteiger partial charge on any atom is -0.668 e. The fourth-order valence-electron chi connectivity index (χ4n) is 12.8. The third kappa shape index (κ3) is 19.4. The number of aliphatic hydroxyl groups is 24. The van der Waals surface area contributed by atoms with Crippen LogP contribution in [-0.4, -0.2) is 438 Å². The average molecular weight is 2020 g/mol. The molecule has 0 aliphatic carbocycles. The van der Waals surface area contributed by atoms with Crippen LogP contribution in [0.15, 0.2) is 0 Å². The van der Waals surface area contributed by atoms with E-state index in [4.69, 9.17) is 80.5 Å². The predicted octanol–water partition coefficient (Wildman–Crippen LogP) is -15.4. The molecule has 45 atom stereocenters. The van der Waals surface area contributed by atoms with E-state index >= 15 is 0 Å². The summed E-state index contributed by atoms with van der Waals surface area (Å²) in [6.45, 7) is -2.74. The van der Waals surface area contributed by atoms with Crippen LogP contribution in [0.2, 0.25) is 0 Å². The Bertz CT molecular complexity index is 2440. The summed E-state index contributed by atoms with van der Waals surface area (Å²) in [4.78, 5) is 0. The van der Waals surface area contributed by atoms with Crippen LogP contribution in [0, 0.1) is 130 Å². The Kier molecular flexibility index (Phi) is 36.4. The first-order chi connectivity index (χ1) is 45.9. The van der Waals surface area contributed by atoms with Crippen LogP contribution >= 0.6 is 0 Å². The van der Waals surface area contributed by atoms with Crippen LogP contribution < -0.4 is 0 Å². The van der Waals surface area contributed by atoms with Gasteiger partial charge in [0.15, 0.2) is 44.0 Å². The fourth-order valence-corrected chi connectivity index (χ4v) is 12.8. The first-order valence-corrected chi connectivity index (χ1v) is 31.3. The molecule has 0 spiro atoms. The van der Waals surface area contributed by atoms with E-state index in [1.807, 2.05) is 0 Å². The largest absolute Gasteiger partial charge is 0.668 e. The molecule has 9 heterocycles. The molecule has 100 heavy (non-hydrogen) atoms. The van der Waals surface area contributed by atoms with E-state index in [9.17, 15) is 134 Å². The summed E-state index contributed by atoms with van der Waals surface area (Å²) in [7, 11) is 0. The van der Waals surface area contributed by atoms with Crippen molar-refractivity contribution in [1.29, 1.82) is 0 Å². The maximum absolute atomic E-state index is 12.3. The van der Waals surface area contributed by atoms with E-state index < -0.39 is 316 Å². The van der Waals surface area contributed by atoms with Gasteiger partial charge in [-0.15, -0.1) is 0 Å². The zero-order valence-corrected chi connectivity index (χ0v) is 66.2. The van der Waals surface area contributed by atoms with E-state index in [0.29, 0.717) is 0 Å². The van der Waals surface area contributed by atoms with Gasteiger partial charge in [0.05, 0.1) is 70.2 Å². The molecule has 46 heteroatoms. The molecule has 0 aromatic heterocycles. The molecule has 0 bridgehead atoms. The molecule has 0 aromatic rings. The molecule has 9 fully saturated rings. The van der Waals surface area contributed by atoms with Gasteiger partial charge in [0, 0.05) is 130 Å². The van der Waals surface area contributed by atoms with Crippen molar-refractivity contribution in [3.05, 3.63) is 11.5 Å². The summed E-state index contributed by atoms with van der Waals surface area (Å²) in [5, 5.41) is 261. The molecule has 9 aliphatic rings. The van der Waals surface area contributed by atoms with Crippen LogP contribution in [0.25, 0.3) is 11.5 Å². The zero-order valence-electron chi connectivity index (χ0n) is 53.6. The topological polar surface area (TPSA) is 690 Å². The summed E-state index contributed by atoms with van der Waals surface area (Å²) >= 11 is 0. The van der Waals surface area contributed by atoms with Crippen molar-refractivity contribution in [3.8, 4) is 0 Å². The van der Waals surface area contributed by atoms with Crippen molar-refractivity contribution in [3.63, 3.8) is 0 Å². The smallest absolute Gasteiger partial charge is 0.187 e. The monoisotopic (exact) mass is 2020 g/mol. The molecule has 43 nitrogen and oxygen atoms in total. The van der Waals surface area contributed by atoms with Gasteiger partial charge in [-0.25, -0.2) is 0 Å². The molecule has 0 saturated carbocycles. The molecule has 9 aliphatic heterocycles. The Morgan fingerprint density at radius 2 is 0.490 bits per heavy atom. The maximum atomic E-state index is 12.3. The van der Waals surface area contributed by atoms with Crippen molar-refractivity contribution in [1.82, 2.24) is 0 Å². The van der Waals surface area contributed by atoms with Crippen LogP contribution in [0.1, 0.15) is 20.8 Å². The number of nitrogens with one attached hydrogen (secondary N) is 2. The Morgan fingerprint density at radius 1 is 0.230 bits per heavy atom. The zero-order chi connectivity index (χ0) is 71.2. The van der Waals surface area contributed by atoms with Gasteiger partial charge in [0.2, 0.25) is 0 Å². The molecule has 26 N–H and O–H groups in total. The number of ether oxygens (including phenoxy) is 17. The van der Waals surface area contributed by atoms with Crippen molar-refractivity contribution < 1.29 is 333 Å². The molecular weight excluding hydrogens is 1930 g/mol. The third-order valence-electron chi connectivity index (χ3n) is 18.7. The summed E-state index contributed by atoms with van der Waals surface area (Å²) in [6.07, 6.45) is -84.4. The van der Waals surface area contributed by atoms with Crippen molar-refractivity contribution in [2.24, 2.45) is 0 Å². The predicted molar refractivity (Wildman–Crippen MR) is 297 cm³/mol. The molecule has 576 valence electrons. The van der Waals surface area contributed by atoms with Gasteiger partial charge in [-0.05, 0) is 20.8 Å². The van der Waals surface area contributed by atoms with Crippen LogP contribution in [0.5, 0.6) is 0 Å². The van der Waals surface area contributed by atoms with E-state index in [-0.39, 0.29) is 130 Å². The third-order valence-corrected chi connectivity index (χ3v) is 18.7. The summed E-state index contributed by atoms with van der Waals surface area (Å²) in [5.41, 5.74) is 19.2. The Labute approximate surface area is 674 Å². The SMILES string of the molecule is CC1OC(OC2C([NH-])[C@H](OC3C(O)[C@H](O[C@@H]4C(CO)O[C@@H](O)C(O)C4O)OC(CO)[C@@H]3O)OC(CO)[C@H]2O[C@@H]2OC(CO)[C@H](O)C(O[C@@H]3OC(CO)[C@@H](O[C@@H]4OC(CO)[C@H](O)C(O)C4O[C@@H]4O[C@@H](C)C(O)C(O)C4O)C(OC4OC(C)[C@@H](O)C(O)C4O)C3[NH-])C2O)C(O)C(O)[C@@H]1O.[Ac].[Ac].[Ce]. The number of hydrogen-bond acceptors (Lipinski definition) is 41. The maximum Gasteiger partial charge on any atom is 0.187 e. The molecule has 0 amide bonds. The first kappa shape index (κ1) is 91.4. The van der Waals surface area contributed by atoms with Crippen molar-refractivity contribution >= 4 is 0 Å². The van der Waals surface area contributed by atoms with Gasteiger partial charge >= 0.3 is 0 Å². The van der Waals surface area contributed by atoms with Gasteiger partial charge in [-0.2, -0.15) is 0 Å². The first-order valence-electron chi connectivity index (χ1n) is 31.3. The fraction of sp³-hybridized carbons (Fsp3) is 1.00. The molecular formula is C54H92Ac2CeN2O41-2. The standard InChI is InChI=1S/C54H92N2O41.2Ac.Ce/c1-10-21(63)27(69)33(75)49(81-10)93-41-19(55)47(95-43-25(67)14(5-58)85-52(36(43)78)90-38-16(7-60)84-46(80)32(74)31(38)73)88-17(8-61)39(41)91-53-37(79)44(26(68)15(6-59)86-53)96-48-20(56)42(94-50-34(76)28(70)22(64)11(2)82-50)40(18(9-62)89-48)92-54-45(30(72)24(66)13(4-57)87-54)97-51-35(77)29(71)23(65)12(3)83-51;;;/h10-80H,4-9H2,1-3H3;;;/q-2;;;/t10?,11?,12-,13?,14?,15?,16?,17?,18?,19?,20?,21+,22+,23?,24-,25-,26-,27?,28?,29?,30?,31?,32?,33?,34?,35?,36?,37?,38+,39+,40+,41?,42?,43?,44?,45?,46+,47-,48-,49?,50?,51-,52-,53-,54-;;;/m0.../s1. The quantitative estimate of drug-likeness (QED) is 0.0479. The Balaban J connectivity index is 0.00000525. The van der Waals surface area contributed by atoms with Crippen LogP contribution in [0.4, 0.5) is 0 Å². The minimum atomic E-state index is -2.42. The summed E-state index contributed by atoms with van der Waals surface area (Å²) in [6, 6.07) is -4.36.